The largest absolute Gasteiger partial charge is 0.378 e. The number of fused-ring (bicyclic) bond motifs is 1. The van der Waals surface area contributed by atoms with Crippen LogP contribution < -0.4 is 4.31 Å². The Kier molecular flexibility index (Phi) is 5.68. The molecule has 0 amide bonds. The van der Waals surface area contributed by atoms with E-state index in [-0.39, 0.29) is 23.4 Å². The Hall–Kier alpha value is -2.97. The molecule has 1 aliphatic heterocycles. The highest BCUT2D eigenvalue weighted by atomic mass is 32.2. The smallest absolute Gasteiger partial charge is 0.270 e. The third-order valence-electron chi connectivity index (χ3n) is 5.60. The molecule has 0 unspecified atom stereocenters. The zero-order valence-corrected chi connectivity index (χ0v) is 18.3. The number of anilines is 1. The summed E-state index contributed by atoms with van der Waals surface area (Å²) in [5.74, 6) is -1.10. The molecule has 0 atom stereocenters. The van der Waals surface area contributed by atoms with Crippen LogP contribution in [0, 0.1) is 6.92 Å². The van der Waals surface area contributed by atoms with Crippen molar-refractivity contribution in [2.45, 2.75) is 13.8 Å². The van der Waals surface area contributed by atoms with Crippen molar-refractivity contribution in [2.24, 2.45) is 0 Å². The Morgan fingerprint density at radius 3 is 2.13 bits per heavy atom. The summed E-state index contributed by atoms with van der Waals surface area (Å²) >= 11 is 0. The van der Waals surface area contributed by atoms with Crippen molar-refractivity contribution >= 4 is 27.3 Å². The maximum absolute atomic E-state index is 13.9. The van der Waals surface area contributed by atoms with Gasteiger partial charge in [-0.3, -0.25) is 13.9 Å². The molecule has 0 radical (unpaired) electrons. The first kappa shape index (κ1) is 21.3. The van der Waals surface area contributed by atoms with Gasteiger partial charge in [-0.2, -0.15) is 0 Å². The number of nitrogens with zero attached hydrogens (tertiary/aromatic N) is 2. The molecule has 4 rings (SSSR count). The molecule has 31 heavy (non-hydrogen) atoms. The molecule has 1 fully saturated rings. The molecule has 0 spiro atoms. The highest BCUT2D eigenvalue weighted by molar-refractivity contribution is 7.97. The number of aryl methyl sites for hydroxylation is 1. The fraction of sp³-hybridized carbons (Fsp3) is 0.304. The van der Waals surface area contributed by atoms with Gasteiger partial charge < -0.3 is 9.64 Å². The summed E-state index contributed by atoms with van der Waals surface area (Å²) in [4.78, 5) is 28.2. The summed E-state index contributed by atoms with van der Waals surface area (Å²) in [6.45, 7) is 5.04. The van der Waals surface area contributed by atoms with Gasteiger partial charge in [0.2, 0.25) is 11.6 Å². The molecule has 2 aromatic rings. The molecule has 0 saturated carbocycles. The third kappa shape index (κ3) is 3.55. The lowest BCUT2D eigenvalue weighted by molar-refractivity contribution is 0.0499. The highest BCUT2D eigenvalue weighted by Gasteiger charge is 2.44. The zero-order valence-electron chi connectivity index (χ0n) is 17.5. The third-order valence-corrected chi connectivity index (χ3v) is 7.53. The number of ketones is 2. The van der Waals surface area contributed by atoms with Crippen molar-refractivity contribution < 1.29 is 22.7 Å². The molecule has 2 aromatic carbocycles. The molecule has 8 heteroatoms. The number of allylic oxidation sites excluding steroid dienone is 2. The van der Waals surface area contributed by atoms with E-state index in [2.05, 4.69) is 0 Å². The number of hydrogen-bond donors (Lipinski definition) is 0. The van der Waals surface area contributed by atoms with Gasteiger partial charge in [0, 0.05) is 30.8 Å². The normalized spacial score (nSPS) is 17.0. The summed E-state index contributed by atoms with van der Waals surface area (Å²) in [7, 11) is -4.31. The molecule has 162 valence electrons. The lowest BCUT2D eigenvalue weighted by Crippen LogP contribution is -2.45. The Labute approximate surface area is 182 Å². The van der Waals surface area contributed by atoms with Gasteiger partial charge in [0.15, 0.2) is 4.91 Å². The van der Waals surface area contributed by atoms with E-state index in [0.717, 1.165) is 5.56 Å². The topological polar surface area (TPSA) is 84.0 Å². The van der Waals surface area contributed by atoms with Gasteiger partial charge in [-0.15, -0.1) is 0 Å². The maximum atomic E-state index is 13.9. The van der Waals surface area contributed by atoms with Crippen LogP contribution in [-0.4, -0.2) is 57.7 Å². The lowest BCUT2D eigenvalue weighted by Gasteiger charge is -2.35. The van der Waals surface area contributed by atoms with Gasteiger partial charge in [0.05, 0.1) is 18.9 Å². The van der Waals surface area contributed by atoms with Gasteiger partial charge in [-0.1, -0.05) is 42.5 Å². The van der Waals surface area contributed by atoms with E-state index >= 15 is 0 Å². The van der Waals surface area contributed by atoms with Gasteiger partial charge in [-0.25, -0.2) is 8.42 Å². The van der Waals surface area contributed by atoms with Gasteiger partial charge in [-0.05, 0) is 25.5 Å². The number of benzene rings is 2. The zero-order chi connectivity index (χ0) is 22.2. The van der Waals surface area contributed by atoms with Gasteiger partial charge in [0.25, 0.3) is 10.0 Å². The minimum Gasteiger partial charge on any atom is -0.378 e. The van der Waals surface area contributed by atoms with Crippen molar-refractivity contribution in [2.75, 3.05) is 37.2 Å². The number of para-hydroxylation sites is 1. The van der Waals surface area contributed by atoms with Crippen molar-refractivity contribution in [1.29, 1.82) is 0 Å². The van der Waals surface area contributed by atoms with Crippen LogP contribution in [-0.2, 0) is 14.8 Å². The van der Waals surface area contributed by atoms with Gasteiger partial charge in [0.1, 0.15) is 5.70 Å². The van der Waals surface area contributed by atoms with E-state index in [1.165, 1.54) is 10.4 Å². The predicted molar refractivity (Wildman–Crippen MR) is 118 cm³/mol. The van der Waals surface area contributed by atoms with Crippen LogP contribution in [0.2, 0.25) is 0 Å². The van der Waals surface area contributed by atoms with Crippen molar-refractivity contribution in [3.05, 3.63) is 75.8 Å². The molecule has 0 aromatic heterocycles. The summed E-state index contributed by atoms with van der Waals surface area (Å²) in [6, 6.07) is 13.5. The fourth-order valence-electron chi connectivity index (χ4n) is 4.08. The van der Waals surface area contributed by atoms with Crippen molar-refractivity contribution in [3.8, 4) is 0 Å². The maximum Gasteiger partial charge on any atom is 0.270 e. The molecule has 7 nitrogen and oxygen atoms in total. The quantitative estimate of drug-likeness (QED) is 0.711. The summed E-state index contributed by atoms with van der Waals surface area (Å²) in [6.07, 6.45) is 0. The second kappa shape index (κ2) is 8.28. The lowest BCUT2D eigenvalue weighted by atomic mass is 9.91. The van der Waals surface area contributed by atoms with Crippen LogP contribution >= 0.6 is 0 Å². The number of rotatable bonds is 5. The van der Waals surface area contributed by atoms with E-state index in [0.29, 0.717) is 32.0 Å². The summed E-state index contributed by atoms with van der Waals surface area (Å²) in [5, 5.41) is 0. The first-order valence-corrected chi connectivity index (χ1v) is 11.7. The minimum atomic E-state index is -4.31. The number of morpholine rings is 1. The van der Waals surface area contributed by atoms with E-state index in [4.69, 9.17) is 4.74 Å². The van der Waals surface area contributed by atoms with Crippen LogP contribution in [0.1, 0.15) is 33.2 Å². The fourth-order valence-corrected chi connectivity index (χ4v) is 5.91. The Morgan fingerprint density at radius 1 is 0.935 bits per heavy atom. The molecule has 0 N–H and O–H groups in total. The van der Waals surface area contributed by atoms with E-state index in [1.54, 1.807) is 42.2 Å². The van der Waals surface area contributed by atoms with Crippen LogP contribution in [0.5, 0.6) is 0 Å². The number of carbonyl (C=O) groups excluding carboxylic acids is 2. The van der Waals surface area contributed by atoms with E-state index in [1.807, 2.05) is 19.1 Å². The SMILES string of the molecule is CCN(c1ccccc1C)S(=O)(=O)C1=C(N2CCOCC2)C(=O)c2ccccc2C1=O. The van der Waals surface area contributed by atoms with Crippen LogP contribution in [0.4, 0.5) is 5.69 Å². The first-order valence-electron chi connectivity index (χ1n) is 10.2. The Bertz CT molecular complexity index is 1180. The molecule has 1 heterocycles. The Morgan fingerprint density at radius 2 is 1.52 bits per heavy atom. The molecule has 0 bridgehead atoms. The second-order valence-electron chi connectivity index (χ2n) is 7.44. The van der Waals surface area contributed by atoms with Crippen LogP contribution in [0.25, 0.3) is 0 Å². The average Bonchev–Trinajstić information content (AvgIpc) is 2.78. The van der Waals surface area contributed by atoms with E-state index < -0.39 is 26.5 Å². The number of hydrogen-bond acceptors (Lipinski definition) is 6. The minimum absolute atomic E-state index is 0.0564. The second-order valence-corrected chi connectivity index (χ2v) is 9.24. The number of Topliss-reactive ketones (excluding diaryl/α,β-unsaturated/α-hetero) is 2. The monoisotopic (exact) mass is 440 g/mol. The first-order chi connectivity index (χ1) is 14.9. The van der Waals surface area contributed by atoms with Crippen molar-refractivity contribution in [1.82, 2.24) is 4.90 Å². The number of carbonyl (C=O) groups is 2. The van der Waals surface area contributed by atoms with E-state index in [9.17, 15) is 18.0 Å². The molecule has 2 aliphatic rings. The standard InChI is InChI=1S/C23H24N2O5S/c1-3-25(19-11-7-4-8-16(19)2)31(28,29)23-20(24-12-14-30-15-13-24)21(26)17-9-5-6-10-18(17)22(23)27/h4-11H,3,12-15H2,1-2H3. The van der Waals surface area contributed by atoms with Gasteiger partial charge >= 0.3 is 0 Å². The van der Waals surface area contributed by atoms with Crippen molar-refractivity contribution in [3.63, 3.8) is 0 Å². The summed E-state index contributed by atoms with van der Waals surface area (Å²) in [5.41, 5.74) is 1.53. The van der Waals surface area contributed by atoms with Crippen LogP contribution in [0.3, 0.4) is 0 Å². The molecular formula is C23H24N2O5S. The number of sulfonamides is 1. The Balaban J connectivity index is 1.95. The number of ether oxygens (including phenoxy) is 1. The average molecular weight is 441 g/mol. The highest BCUT2D eigenvalue weighted by Crippen LogP contribution is 2.35. The molecule has 1 aliphatic carbocycles. The summed E-state index contributed by atoms with van der Waals surface area (Å²) < 4.78 is 34.4. The van der Waals surface area contributed by atoms with Crippen LogP contribution in [0.15, 0.2) is 59.1 Å². The molecule has 1 saturated heterocycles. The predicted octanol–water partition coefficient (Wildman–Crippen LogP) is 2.77. The molecular weight excluding hydrogens is 416 g/mol.